The number of nitrogens with zero attached hydrogens (tertiary/aromatic N) is 2. The number of rotatable bonds is 3. The molecule has 0 aromatic heterocycles. The van der Waals surface area contributed by atoms with Gasteiger partial charge in [-0.3, -0.25) is 9.79 Å². The molecule has 0 aliphatic carbocycles. The van der Waals surface area contributed by atoms with Crippen LogP contribution in [-0.2, 0) is 16.1 Å². The monoisotopic (exact) mass is 509 g/mol. The Balaban J connectivity index is 0.00000261. The molecule has 2 aliphatic heterocycles. The Labute approximate surface area is 181 Å². The first kappa shape index (κ1) is 21.9. The Bertz CT molecular complexity index is 716. The van der Waals surface area contributed by atoms with Gasteiger partial charge in [-0.15, -0.1) is 24.0 Å². The molecule has 2 unspecified atom stereocenters. The van der Waals surface area contributed by atoms with Crippen LogP contribution in [0, 0.1) is 11.8 Å². The molecule has 2 atom stereocenters. The highest BCUT2D eigenvalue weighted by molar-refractivity contribution is 14.0. The number of likely N-dealkylation sites (tertiary alicyclic amines) is 1. The summed E-state index contributed by atoms with van der Waals surface area (Å²) in [6, 6.07) is 3.78. The van der Waals surface area contributed by atoms with E-state index < -0.39 is 0 Å². The van der Waals surface area contributed by atoms with Crippen molar-refractivity contribution in [3.8, 4) is 11.5 Å². The van der Waals surface area contributed by atoms with E-state index in [1.54, 1.807) is 7.05 Å². The predicted molar refractivity (Wildman–Crippen MR) is 114 cm³/mol. The maximum Gasteiger partial charge on any atom is 0.310 e. The van der Waals surface area contributed by atoms with Crippen molar-refractivity contribution in [2.45, 2.75) is 13.5 Å². The topological polar surface area (TPSA) is 72.4 Å². The first-order valence-corrected chi connectivity index (χ1v) is 9.02. The van der Waals surface area contributed by atoms with Crippen LogP contribution in [0.25, 0.3) is 0 Å². The standard InChI is InChI=1S/C18H24ClN3O4.HI/c1-11-9-22(10-13(11)17(23)24-3)18(20-2)21-8-12-6-14(19)16-15(7-12)25-4-5-26-16;/h6-7,11,13H,4-5,8-10H2,1-3H3,(H,20,21);1H. The number of esters is 1. The highest BCUT2D eigenvalue weighted by atomic mass is 127. The van der Waals surface area contributed by atoms with Gasteiger partial charge in [0.2, 0.25) is 0 Å². The Morgan fingerprint density at radius 3 is 2.81 bits per heavy atom. The molecule has 0 radical (unpaired) electrons. The lowest BCUT2D eigenvalue weighted by atomic mass is 9.99. The molecule has 2 aliphatic rings. The van der Waals surface area contributed by atoms with Crippen LogP contribution in [-0.4, -0.2) is 57.3 Å². The van der Waals surface area contributed by atoms with Crippen LogP contribution < -0.4 is 14.8 Å². The maximum atomic E-state index is 11.9. The second-order valence-electron chi connectivity index (χ2n) is 6.51. The zero-order valence-corrected chi connectivity index (χ0v) is 18.7. The van der Waals surface area contributed by atoms with Crippen LogP contribution in [0.2, 0.25) is 5.02 Å². The fraction of sp³-hybridized carbons (Fsp3) is 0.556. The van der Waals surface area contributed by atoms with E-state index in [-0.39, 0.29) is 41.8 Å². The number of hydrogen-bond donors (Lipinski definition) is 1. The minimum absolute atomic E-state index is 0. The fourth-order valence-corrected chi connectivity index (χ4v) is 3.67. The van der Waals surface area contributed by atoms with Gasteiger partial charge in [-0.05, 0) is 23.6 Å². The first-order valence-electron chi connectivity index (χ1n) is 8.65. The molecular formula is C18H25ClIN3O4. The third kappa shape index (κ3) is 4.90. The maximum absolute atomic E-state index is 11.9. The van der Waals surface area contributed by atoms with Crippen LogP contribution in [0.5, 0.6) is 11.5 Å². The number of ether oxygens (including phenoxy) is 3. The molecule has 1 N–H and O–H groups in total. The molecule has 0 bridgehead atoms. The quantitative estimate of drug-likeness (QED) is 0.292. The molecule has 0 saturated carbocycles. The third-order valence-corrected chi connectivity index (χ3v) is 5.02. The minimum atomic E-state index is -0.172. The summed E-state index contributed by atoms with van der Waals surface area (Å²) in [5, 5.41) is 3.87. The van der Waals surface area contributed by atoms with Crippen LogP contribution >= 0.6 is 35.6 Å². The Hall–Kier alpha value is -1.42. The van der Waals surface area contributed by atoms with E-state index in [4.69, 9.17) is 25.8 Å². The van der Waals surface area contributed by atoms with Crippen LogP contribution in [0.4, 0.5) is 0 Å². The van der Waals surface area contributed by atoms with Crippen molar-refractivity contribution in [3.05, 3.63) is 22.7 Å². The van der Waals surface area contributed by atoms with Gasteiger partial charge in [0.1, 0.15) is 13.2 Å². The van der Waals surface area contributed by atoms with E-state index in [1.165, 1.54) is 7.11 Å². The number of halogens is 2. The van der Waals surface area contributed by atoms with E-state index in [0.717, 1.165) is 18.1 Å². The van der Waals surface area contributed by atoms with Gasteiger partial charge in [0.05, 0.1) is 18.1 Å². The van der Waals surface area contributed by atoms with Crippen molar-refractivity contribution in [2.75, 3.05) is 40.5 Å². The second kappa shape index (κ2) is 9.68. The Kier molecular flexibility index (Phi) is 7.84. The number of aliphatic imine (C=N–C) groups is 1. The van der Waals surface area contributed by atoms with E-state index in [9.17, 15) is 4.79 Å². The number of benzene rings is 1. The summed E-state index contributed by atoms with van der Waals surface area (Å²) in [6.45, 7) is 4.96. The summed E-state index contributed by atoms with van der Waals surface area (Å²) in [5.74, 6) is 1.91. The molecule has 27 heavy (non-hydrogen) atoms. The highest BCUT2D eigenvalue weighted by Gasteiger charge is 2.36. The molecule has 9 heteroatoms. The van der Waals surface area contributed by atoms with Crippen molar-refractivity contribution < 1.29 is 19.0 Å². The van der Waals surface area contributed by atoms with Gasteiger partial charge < -0.3 is 24.4 Å². The van der Waals surface area contributed by atoms with E-state index >= 15 is 0 Å². The lowest BCUT2D eigenvalue weighted by Crippen LogP contribution is -2.40. The van der Waals surface area contributed by atoms with Crippen molar-refractivity contribution in [1.82, 2.24) is 10.2 Å². The van der Waals surface area contributed by atoms with Crippen LogP contribution in [0.15, 0.2) is 17.1 Å². The van der Waals surface area contributed by atoms with Crippen molar-refractivity contribution in [1.29, 1.82) is 0 Å². The molecular weight excluding hydrogens is 485 g/mol. The Morgan fingerprint density at radius 1 is 1.37 bits per heavy atom. The van der Waals surface area contributed by atoms with Gasteiger partial charge >= 0.3 is 5.97 Å². The van der Waals surface area contributed by atoms with E-state index in [1.807, 2.05) is 12.1 Å². The Morgan fingerprint density at radius 2 is 2.11 bits per heavy atom. The summed E-state index contributed by atoms with van der Waals surface area (Å²) < 4.78 is 16.1. The number of carbonyl (C=O) groups excluding carboxylic acids is 1. The van der Waals surface area contributed by atoms with Gasteiger partial charge in [-0.1, -0.05) is 18.5 Å². The molecule has 2 heterocycles. The number of nitrogens with one attached hydrogen (secondary N) is 1. The molecule has 7 nitrogen and oxygen atoms in total. The molecule has 1 aromatic carbocycles. The smallest absolute Gasteiger partial charge is 0.310 e. The molecule has 3 rings (SSSR count). The molecule has 0 amide bonds. The lowest BCUT2D eigenvalue weighted by molar-refractivity contribution is -0.145. The summed E-state index contributed by atoms with van der Waals surface area (Å²) in [6.07, 6.45) is 0. The van der Waals surface area contributed by atoms with Gasteiger partial charge in [-0.2, -0.15) is 0 Å². The first-order chi connectivity index (χ1) is 12.5. The van der Waals surface area contributed by atoms with E-state index in [2.05, 4.69) is 22.1 Å². The normalized spacial score (nSPS) is 21.5. The third-order valence-electron chi connectivity index (χ3n) is 4.73. The summed E-state index contributed by atoms with van der Waals surface area (Å²) in [7, 11) is 3.16. The number of hydrogen-bond acceptors (Lipinski definition) is 5. The zero-order valence-electron chi connectivity index (χ0n) is 15.7. The van der Waals surface area contributed by atoms with Gasteiger partial charge in [0.25, 0.3) is 0 Å². The molecule has 150 valence electrons. The molecule has 1 aromatic rings. The number of carbonyl (C=O) groups is 1. The van der Waals surface area contributed by atoms with Gasteiger partial charge in [0, 0.05) is 26.7 Å². The lowest BCUT2D eigenvalue weighted by Gasteiger charge is -2.23. The highest BCUT2D eigenvalue weighted by Crippen LogP contribution is 2.38. The van der Waals surface area contributed by atoms with Crippen LogP contribution in [0.1, 0.15) is 12.5 Å². The largest absolute Gasteiger partial charge is 0.486 e. The number of fused-ring (bicyclic) bond motifs is 1. The SMILES string of the molecule is CN=C(NCc1cc(Cl)c2c(c1)OCCO2)N1CC(C)C(C(=O)OC)C1.I. The zero-order chi connectivity index (χ0) is 18.7. The second-order valence-corrected chi connectivity index (χ2v) is 6.92. The van der Waals surface area contributed by atoms with Crippen LogP contribution in [0.3, 0.4) is 0 Å². The minimum Gasteiger partial charge on any atom is -0.486 e. The van der Waals surface area contributed by atoms with Crippen molar-refractivity contribution in [2.24, 2.45) is 16.8 Å². The van der Waals surface area contributed by atoms with Gasteiger partial charge in [-0.25, -0.2) is 0 Å². The summed E-state index contributed by atoms with van der Waals surface area (Å²) >= 11 is 6.29. The van der Waals surface area contributed by atoms with Crippen molar-refractivity contribution >= 4 is 47.5 Å². The van der Waals surface area contributed by atoms with Gasteiger partial charge in [0.15, 0.2) is 17.5 Å². The average molecular weight is 510 g/mol. The molecule has 1 fully saturated rings. The summed E-state index contributed by atoms with van der Waals surface area (Å²) in [4.78, 5) is 18.3. The predicted octanol–water partition coefficient (Wildman–Crippen LogP) is 2.55. The summed E-state index contributed by atoms with van der Waals surface area (Å²) in [5.41, 5.74) is 0.970. The number of methoxy groups -OCH3 is 1. The molecule has 1 saturated heterocycles. The molecule has 0 spiro atoms. The van der Waals surface area contributed by atoms with E-state index in [0.29, 0.717) is 42.8 Å². The number of guanidine groups is 1. The fourth-order valence-electron chi connectivity index (χ4n) is 3.38. The average Bonchev–Trinajstić information content (AvgIpc) is 3.03. The van der Waals surface area contributed by atoms with Crippen molar-refractivity contribution in [3.63, 3.8) is 0 Å².